The molecule has 0 aromatic heterocycles. The number of nitrogens with zero attached hydrogens (tertiary/aromatic N) is 1. The van der Waals surface area contributed by atoms with Gasteiger partial charge in [0.05, 0.1) is 6.10 Å². The average Bonchev–Trinajstić information content (AvgIpc) is 3.24. The van der Waals surface area contributed by atoms with Gasteiger partial charge >= 0.3 is 6.09 Å². The predicted molar refractivity (Wildman–Crippen MR) is 148 cm³/mol. The Bertz CT molecular complexity index is 1270. The van der Waals surface area contributed by atoms with Crippen LogP contribution >= 0.6 is 0 Å². The van der Waals surface area contributed by atoms with Gasteiger partial charge in [-0.2, -0.15) is 0 Å². The second-order valence-electron chi connectivity index (χ2n) is 11.2. The molecule has 1 amide bonds. The summed E-state index contributed by atoms with van der Waals surface area (Å²) in [5.41, 5.74) is 5.61. The normalized spacial score (nSPS) is 22.1. The van der Waals surface area contributed by atoms with Crippen LogP contribution in [0.1, 0.15) is 73.4 Å². The monoisotopic (exact) mass is 509 g/mol. The van der Waals surface area contributed by atoms with Gasteiger partial charge in [0.1, 0.15) is 12.4 Å². The van der Waals surface area contributed by atoms with Crippen LogP contribution in [0.3, 0.4) is 0 Å². The molecule has 2 atom stereocenters. The Hall–Kier alpha value is -3.60. The van der Waals surface area contributed by atoms with Crippen LogP contribution < -0.4 is 4.74 Å². The molecule has 0 spiro atoms. The quantitative estimate of drug-likeness (QED) is 0.329. The third-order valence-corrected chi connectivity index (χ3v) is 8.40. The molecule has 3 aromatic rings. The van der Waals surface area contributed by atoms with E-state index in [1.807, 2.05) is 43.0 Å². The summed E-state index contributed by atoms with van der Waals surface area (Å²) in [7, 11) is 0. The van der Waals surface area contributed by atoms with Crippen molar-refractivity contribution in [3.63, 3.8) is 0 Å². The van der Waals surface area contributed by atoms with Gasteiger partial charge in [0, 0.05) is 29.5 Å². The first-order valence-electron chi connectivity index (χ1n) is 13.9. The molecule has 3 aliphatic rings. The van der Waals surface area contributed by atoms with E-state index in [4.69, 9.17) is 9.47 Å². The van der Waals surface area contributed by atoms with Crippen molar-refractivity contribution in [1.29, 1.82) is 0 Å². The summed E-state index contributed by atoms with van der Waals surface area (Å²) in [5.74, 6) is 0.927. The molecule has 5 heteroatoms. The fourth-order valence-electron chi connectivity index (χ4n) is 6.77. The maximum absolute atomic E-state index is 13.5. The average molecular weight is 510 g/mol. The molecule has 1 aliphatic carbocycles. The summed E-state index contributed by atoms with van der Waals surface area (Å²) in [6.07, 6.45) is 4.19. The van der Waals surface area contributed by atoms with Crippen molar-refractivity contribution >= 4 is 11.9 Å². The molecule has 38 heavy (non-hydrogen) atoms. The number of hydrogen-bond acceptors (Lipinski definition) is 4. The van der Waals surface area contributed by atoms with E-state index in [2.05, 4.69) is 48.5 Å². The van der Waals surface area contributed by atoms with Gasteiger partial charge in [0.25, 0.3) is 0 Å². The van der Waals surface area contributed by atoms with E-state index in [1.54, 1.807) is 0 Å². The lowest BCUT2D eigenvalue weighted by atomic mass is 9.76. The van der Waals surface area contributed by atoms with Crippen molar-refractivity contribution in [3.05, 3.63) is 89.5 Å². The lowest BCUT2D eigenvalue weighted by molar-refractivity contribution is 0.00650. The largest absolute Gasteiger partial charge is 0.491 e. The second-order valence-corrected chi connectivity index (χ2v) is 11.2. The number of amides is 1. The van der Waals surface area contributed by atoms with Crippen molar-refractivity contribution in [3.8, 4) is 16.9 Å². The Morgan fingerprint density at radius 3 is 2.00 bits per heavy atom. The number of Topliss-reactive ketones (excluding diaryl/α,β-unsaturated/α-hetero) is 1. The molecule has 2 bridgehead atoms. The molecule has 6 rings (SSSR count). The number of carbonyl (C=O) groups excluding carboxylic acids is 2. The van der Waals surface area contributed by atoms with E-state index in [1.165, 1.54) is 22.3 Å². The first kappa shape index (κ1) is 24.7. The summed E-state index contributed by atoms with van der Waals surface area (Å²) in [6, 6.07) is 24.4. The Morgan fingerprint density at radius 1 is 0.842 bits per heavy atom. The number of ether oxygens (including phenoxy) is 2. The molecule has 0 N–H and O–H groups in total. The molecule has 196 valence electrons. The zero-order valence-corrected chi connectivity index (χ0v) is 22.1. The lowest BCUT2D eigenvalue weighted by Crippen LogP contribution is -2.55. The van der Waals surface area contributed by atoms with Crippen LogP contribution in [0.15, 0.2) is 72.8 Å². The van der Waals surface area contributed by atoms with Gasteiger partial charge in [-0.3, -0.25) is 4.79 Å². The van der Waals surface area contributed by atoms with Crippen LogP contribution in [0.25, 0.3) is 11.1 Å². The smallest absolute Gasteiger partial charge is 0.410 e. The van der Waals surface area contributed by atoms with E-state index < -0.39 is 0 Å². The number of hydrogen-bond donors (Lipinski definition) is 0. The maximum Gasteiger partial charge on any atom is 0.410 e. The highest BCUT2D eigenvalue weighted by Crippen LogP contribution is 2.45. The number of benzene rings is 3. The molecule has 3 aromatic carbocycles. The highest BCUT2D eigenvalue weighted by Gasteiger charge is 2.44. The summed E-state index contributed by atoms with van der Waals surface area (Å²) < 4.78 is 11.8. The third kappa shape index (κ3) is 4.59. The summed E-state index contributed by atoms with van der Waals surface area (Å²) in [4.78, 5) is 28.8. The van der Waals surface area contributed by atoms with Gasteiger partial charge in [0.15, 0.2) is 5.78 Å². The van der Waals surface area contributed by atoms with Crippen LogP contribution in [0.5, 0.6) is 5.75 Å². The minimum Gasteiger partial charge on any atom is -0.491 e. The maximum atomic E-state index is 13.5. The van der Waals surface area contributed by atoms with Gasteiger partial charge in [-0.25, -0.2) is 4.79 Å². The zero-order chi connectivity index (χ0) is 26.2. The number of fused-ring (bicyclic) bond motifs is 5. The van der Waals surface area contributed by atoms with Crippen molar-refractivity contribution < 1.29 is 19.1 Å². The number of piperidine rings is 2. The standard InChI is InChI=1S/C33H35NO4/c1-21(2)38-26-16-14-22(15-17-26)32(35)23-18-24-8-7-9-25(19-23)34(24)33(36)37-20-31-29-12-5-3-10-27(29)28-11-4-6-13-30(28)31/h3-6,10-17,21,23-25,31H,7-9,18-20H2,1-2H3. The van der Waals surface area contributed by atoms with Crippen LogP contribution in [-0.4, -0.2) is 41.6 Å². The predicted octanol–water partition coefficient (Wildman–Crippen LogP) is 7.24. The van der Waals surface area contributed by atoms with Crippen LogP contribution in [0, 0.1) is 5.92 Å². The van der Waals surface area contributed by atoms with E-state index >= 15 is 0 Å². The van der Waals surface area contributed by atoms with Crippen molar-refractivity contribution in [1.82, 2.24) is 4.90 Å². The fourth-order valence-corrected chi connectivity index (χ4v) is 6.77. The van der Waals surface area contributed by atoms with Gasteiger partial charge in [-0.15, -0.1) is 0 Å². The zero-order valence-electron chi connectivity index (χ0n) is 22.1. The third-order valence-electron chi connectivity index (χ3n) is 8.40. The minimum atomic E-state index is -0.234. The highest BCUT2D eigenvalue weighted by atomic mass is 16.6. The number of carbonyl (C=O) groups is 2. The molecular weight excluding hydrogens is 474 g/mol. The molecule has 2 aliphatic heterocycles. The van der Waals surface area contributed by atoms with E-state index in [-0.39, 0.29) is 41.9 Å². The van der Waals surface area contributed by atoms with Crippen molar-refractivity contribution in [2.45, 2.75) is 70.1 Å². The first-order valence-corrected chi connectivity index (χ1v) is 13.9. The Morgan fingerprint density at radius 2 is 1.42 bits per heavy atom. The highest BCUT2D eigenvalue weighted by molar-refractivity contribution is 5.98. The van der Waals surface area contributed by atoms with E-state index in [0.29, 0.717) is 19.4 Å². The van der Waals surface area contributed by atoms with Gasteiger partial charge in [-0.05, 0) is 92.5 Å². The van der Waals surface area contributed by atoms with Gasteiger partial charge in [-0.1, -0.05) is 48.5 Å². The second kappa shape index (κ2) is 10.3. The minimum absolute atomic E-state index is 0.0490. The number of ketones is 1. The van der Waals surface area contributed by atoms with E-state index in [0.717, 1.165) is 30.6 Å². The summed E-state index contributed by atoms with van der Waals surface area (Å²) in [6.45, 7) is 4.31. The molecular formula is C33H35NO4. The lowest BCUT2D eigenvalue weighted by Gasteiger charge is -2.47. The molecule has 2 saturated heterocycles. The topological polar surface area (TPSA) is 55.8 Å². The molecule has 0 saturated carbocycles. The van der Waals surface area contributed by atoms with Crippen LogP contribution in [0.2, 0.25) is 0 Å². The molecule has 0 radical (unpaired) electrons. The van der Waals surface area contributed by atoms with Crippen molar-refractivity contribution in [2.24, 2.45) is 5.92 Å². The Labute approximate surface area is 224 Å². The fraction of sp³-hybridized carbons (Fsp3) is 0.394. The Kier molecular flexibility index (Phi) is 6.69. The molecule has 5 nitrogen and oxygen atoms in total. The van der Waals surface area contributed by atoms with Crippen molar-refractivity contribution in [2.75, 3.05) is 6.61 Å². The number of rotatable bonds is 6. The van der Waals surface area contributed by atoms with Crippen LogP contribution in [-0.2, 0) is 4.74 Å². The SMILES string of the molecule is CC(C)Oc1ccc(C(=O)C2CC3CCCC(C2)N3C(=O)OCC2c3ccccc3-c3ccccc32)cc1. The summed E-state index contributed by atoms with van der Waals surface area (Å²) in [5, 5.41) is 0. The molecule has 2 fully saturated rings. The Balaban J connectivity index is 1.13. The van der Waals surface area contributed by atoms with Gasteiger partial charge < -0.3 is 14.4 Å². The molecule has 2 heterocycles. The van der Waals surface area contributed by atoms with E-state index in [9.17, 15) is 9.59 Å². The van der Waals surface area contributed by atoms with Gasteiger partial charge in [0.2, 0.25) is 0 Å². The van der Waals surface area contributed by atoms with Crippen LogP contribution in [0.4, 0.5) is 4.79 Å². The first-order chi connectivity index (χ1) is 18.5. The molecule has 2 unspecified atom stereocenters. The summed E-state index contributed by atoms with van der Waals surface area (Å²) >= 11 is 0.